The molecule has 2 N–H and O–H groups in total. The van der Waals surface area contributed by atoms with Gasteiger partial charge in [-0.15, -0.1) is 23.2 Å². The topological polar surface area (TPSA) is 101 Å². The summed E-state index contributed by atoms with van der Waals surface area (Å²) < 4.78 is 0. The number of nitrogens with zero attached hydrogens (tertiary/aromatic N) is 1. The fourth-order valence-electron chi connectivity index (χ4n) is 1.76. The molecule has 1 rings (SSSR count). The zero-order valence-electron chi connectivity index (χ0n) is 12.3. The molecule has 7 nitrogen and oxygen atoms in total. The molecule has 2 amide bonds. The fraction of sp³-hybridized carbons (Fsp3) is 0.429. The highest BCUT2D eigenvalue weighted by Crippen LogP contribution is 2.28. The number of carbonyl (C=O) groups excluding carboxylic acids is 2. The Morgan fingerprint density at radius 3 is 2.13 bits per heavy atom. The summed E-state index contributed by atoms with van der Waals surface area (Å²) in [5.74, 6) is 0.0696. The molecule has 1 aromatic rings. The summed E-state index contributed by atoms with van der Waals surface area (Å²) >= 11 is 11.0. The summed E-state index contributed by atoms with van der Waals surface area (Å²) in [4.78, 5) is 33.8. The molecule has 126 valence electrons. The van der Waals surface area contributed by atoms with E-state index >= 15 is 0 Å². The maximum absolute atomic E-state index is 11.7. The van der Waals surface area contributed by atoms with Crippen LogP contribution in [0.4, 0.5) is 17.1 Å². The molecule has 0 aliphatic heterocycles. The number of rotatable bonds is 9. The second kappa shape index (κ2) is 10.0. The van der Waals surface area contributed by atoms with E-state index in [0.717, 1.165) is 0 Å². The Labute approximate surface area is 143 Å². The Hall–Kier alpha value is -1.86. The second-order valence-corrected chi connectivity index (χ2v) is 5.43. The Morgan fingerprint density at radius 2 is 1.61 bits per heavy atom. The summed E-state index contributed by atoms with van der Waals surface area (Å²) in [5, 5.41) is 16.1. The van der Waals surface area contributed by atoms with Crippen molar-refractivity contribution in [2.24, 2.45) is 0 Å². The van der Waals surface area contributed by atoms with Gasteiger partial charge in [0.1, 0.15) is 5.69 Å². The number of carbonyl (C=O) groups is 2. The molecule has 0 saturated heterocycles. The van der Waals surface area contributed by atoms with Gasteiger partial charge in [0.2, 0.25) is 11.8 Å². The second-order valence-electron chi connectivity index (χ2n) is 4.67. The van der Waals surface area contributed by atoms with Gasteiger partial charge < -0.3 is 10.6 Å². The van der Waals surface area contributed by atoms with E-state index in [4.69, 9.17) is 23.2 Å². The van der Waals surface area contributed by atoms with E-state index in [1.54, 1.807) is 0 Å². The fourth-order valence-corrected chi connectivity index (χ4v) is 2.03. The predicted molar refractivity (Wildman–Crippen MR) is 90.3 cm³/mol. The van der Waals surface area contributed by atoms with Gasteiger partial charge in [0.05, 0.1) is 4.92 Å². The maximum Gasteiger partial charge on any atom is 0.292 e. The van der Waals surface area contributed by atoms with Crippen LogP contribution >= 0.6 is 23.2 Å². The van der Waals surface area contributed by atoms with Crippen molar-refractivity contribution >= 4 is 52.1 Å². The molecule has 0 spiro atoms. The largest absolute Gasteiger partial charge is 0.326 e. The highest BCUT2D eigenvalue weighted by atomic mass is 35.5. The normalized spacial score (nSPS) is 10.2. The average molecular weight is 362 g/mol. The minimum atomic E-state index is -0.601. The third-order valence-electron chi connectivity index (χ3n) is 2.83. The summed E-state index contributed by atoms with van der Waals surface area (Å²) in [6, 6.07) is 3.99. The molecule has 0 aliphatic rings. The molecular weight excluding hydrogens is 345 g/mol. The van der Waals surface area contributed by atoms with Crippen LogP contribution in [-0.2, 0) is 9.59 Å². The third-order valence-corrected chi connectivity index (χ3v) is 3.36. The van der Waals surface area contributed by atoms with Gasteiger partial charge in [-0.25, -0.2) is 0 Å². The summed E-state index contributed by atoms with van der Waals surface area (Å²) in [7, 11) is 0. The summed E-state index contributed by atoms with van der Waals surface area (Å²) in [6.07, 6.45) is 1.41. The van der Waals surface area contributed by atoms with Crippen molar-refractivity contribution in [1.82, 2.24) is 0 Å². The molecule has 9 heteroatoms. The molecule has 0 fully saturated rings. The number of benzene rings is 1. The lowest BCUT2D eigenvalue weighted by Gasteiger charge is -2.09. The van der Waals surface area contributed by atoms with Crippen LogP contribution in [0.3, 0.4) is 0 Å². The summed E-state index contributed by atoms with van der Waals surface area (Å²) in [6.45, 7) is 0. The van der Waals surface area contributed by atoms with Gasteiger partial charge in [-0.3, -0.25) is 19.7 Å². The SMILES string of the molecule is O=C(CCCCl)Nc1ccc([N+](=O)[O-])c(NC(=O)CCCCl)c1. The molecule has 1 aromatic carbocycles. The van der Waals surface area contributed by atoms with E-state index in [1.165, 1.54) is 18.2 Å². The van der Waals surface area contributed by atoms with Crippen LogP contribution in [0.5, 0.6) is 0 Å². The van der Waals surface area contributed by atoms with Gasteiger partial charge in [-0.05, 0) is 25.0 Å². The van der Waals surface area contributed by atoms with Gasteiger partial charge in [-0.2, -0.15) is 0 Å². The van der Waals surface area contributed by atoms with Crippen LogP contribution in [0.15, 0.2) is 18.2 Å². The molecule has 0 heterocycles. The van der Waals surface area contributed by atoms with Crippen molar-refractivity contribution in [3.8, 4) is 0 Å². The van der Waals surface area contributed by atoms with E-state index in [0.29, 0.717) is 30.3 Å². The van der Waals surface area contributed by atoms with Crippen LogP contribution in [-0.4, -0.2) is 28.5 Å². The number of nitro groups is 1. The number of halogens is 2. The number of alkyl halides is 2. The average Bonchev–Trinajstić information content (AvgIpc) is 2.50. The number of nitrogens with one attached hydrogen (secondary N) is 2. The van der Waals surface area contributed by atoms with Gasteiger partial charge in [0, 0.05) is 36.4 Å². The molecular formula is C14H17Cl2N3O4. The standard InChI is InChI=1S/C14H17Cl2N3O4/c15-7-1-3-13(20)17-10-5-6-12(19(22)23)11(9-10)18-14(21)4-2-8-16/h5-6,9H,1-4,7-8H2,(H,17,20)(H,18,21). The van der Waals surface area contributed by atoms with E-state index in [1.807, 2.05) is 0 Å². The first-order valence-electron chi connectivity index (χ1n) is 6.98. The first-order chi connectivity index (χ1) is 11.0. The molecule has 0 radical (unpaired) electrons. The van der Waals surface area contributed by atoms with Crippen molar-refractivity contribution < 1.29 is 14.5 Å². The monoisotopic (exact) mass is 361 g/mol. The number of hydrogen-bond acceptors (Lipinski definition) is 4. The van der Waals surface area contributed by atoms with E-state index in [9.17, 15) is 19.7 Å². The lowest BCUT2D eigenvalue weighted by atomic mass is 10.2. The number of nitro benzene ring substituents is 1. The van der Waals surface area contributed by atoms with Crippen molar-refractivity contribution in [3.63, 3.8) is 0 Å². The summed E-state index contributed by atoms with van der Waals surface area (Å²) in [5.41, 5.74) is 0.149. The molecule has 23 heavy (non-hydrogen) atoms. The van der Waals surface area contributed by atoms with Crippen LogP contribution < -0.4 is 10.6 Å². The molecule has 0 saturated carbocycles. The van der Waals surface area contributed by atoms with Crippen molar-refractivity contribution in [3.05, 3.63) is 28.3 Å². The highest BCUT2D eigenvalue weighted by Gasteiger charge is 2.17. The van der Waals surface area contributed by atoms with Crippen LogP contribution in [0.25, 0.3) is 0 Å². The third kappa shape index (κ3) is 6.83. The number of anilines is 2. The van der Waals surface area contributed by atoms with Crippen LogP contribution in [0.1, 0.15) is 25.7 Å². The van der Waals surface area contributed by atoms with Crippen molar-refractivity contribution in [2.75, 3.05) is 22.4 Å². The Bertz CT molecular complexity index is 581. The first-order valence-corrected chi connectivity index (χ1v) is 8.05. The lowest BCUT2D eigenvalue weighted by molar-refractivity contribution is -0.383. The van der Waals surface area contributed by atoms with Gasteiger partial charge in [-0.1, -0.05) is 0 Å². The zero-order chi connectivity index (χ0) is 17.2. The Balaban J connectivity index is 2.87. The van der Waals surface area contributed by atoms with Crippen LogP contribution in [0.2, 0.25) is 0 Å². The van der Waals surface area contributed by atoms with Crippen LogP contribution in [0, 0.1) is 10.1 Å². The molecule has 0 unspecified atom stereocenters. The molecule has 0 aromatic heterocycles. The first kappa shape index (κ1) is 19.2. The molecule has 0 atom stereocenters. The molecule has 0 bridgehead atoms. The zero-order valence-corrected chi connectivity index (χ0v) is 13.8. The smallest absolute Gasteiger partial charge is 0.292 e. The van der Waals surface area contributed by atoms with Gasteiger partial charge in [0.15, 0.2) is 0 Å². The minimum Gasteiger partial charge on any atom is -0.326 e. The quantitative estimate of drug-likeness (QED) is 0.399. The predicted octanol–water partition coefficient (Wildman–Crippen LogP) is 3.51. The van der Waals surface area contributed by atoms with Gasteiger partial charge >= 0.3 is 0 Å². The number of amides is 2. The lowest BCUT2D eigenvalue weighted by Crippen LogP contribution is -2.14. The maximum atomic E-state index is 11.7. The van der Waals surface area contributed by atoms with Crippen molar-refractivity contribution in [1.29, 1.82) is 0 Å². The Morgan fingerprint density at radius 1 is 1.04 bits per heavy atom. The van der Waals surface area contributed by atoms with E-state index < -0.39 is 4.92 Å². The van der Waals surface area contributed by atoms with E-state index in [2.05, 4.69) is 10.6 Å². The van der Waals surface area contributed by atoms with Crippen molar-refractivity contribution in [2.45, 2.75) is 25.7 Å². The Kier molecular flexibility index (Phi) is 8.36. The minimum absolute atomic E-state index is 0.0321. The highest BCUT2D eigenvalue weighted by molar-refractivity contribution is 6.18. The molecule has 0 aliphatic carbocycles. The van der Waals surface area contributed by atoms with Gasteiger partial charge in [0.25, 0.3) is 5.69 Å². The van der Waals surface area contributed by atoms with E-state index in [-0.39, 0.29) is 36.0 Å². The number of hydrogen-bond donors (Lipinski definition) is 2.